The van der Waals surface area contributed by atoms with Crippen molar-refractivity contribution in [2.45, 2.75) is 64.6 Å². The van der Waals surface area contributed by atoms with Crippen LogP contribution >= 0.6 is 0 Å². The van der Waals surface area contributed by atoms with Crippen molar-refractivity contribution in [3.8, 4) is 0 Å². The summed E-state index contributed by atoms with van der Waals surface area (Å²) in [5.74, 6) is 0.224. The van der Waals surface area contributed by atoms with Gasteiger partial charge in [-0.2, -0.15) is 0 Å². The lowest BCUT2D eigenvalue weighted by Crippen LogP contribution is -2.35. The third kappa shape index (κ3) is 4.31. The third-order valence-corrected chi connectivity index (χ3v) is 4.29. The van der Waals surface area contributed by atoms with E-state index in [1.807, 2.05) is 35.2 Å². The molecule has 1 aliphatic rings. The number of rotatable bonds is 8. The molecule has 1 aromatic rings. The second kappa shape index (κ2) is 8.18. The molecule has 21 heavy (non-hydrogen) atoms. The van der Waals surface area contributed by atoms with E-state index in [1.165, 1.54) is 32.1 Å². The molecule has 1 amide bonds. The van der Waals surface area contributed by atoms with E-state index < -0.39 is 0 Å². The number of carbonyl (C=O) groups is 1. The zero-order valence-corrected chi connectivity index (χ0v) is 13.3. The Hall–Kier alpha value is -1.35. The molecule has 0 saturated carbocycles. The van der Waals surface area contributed by atoms with Gasteiger partial charge in [0.25, 0.3) is 0 Å². The molecule has 1 aromatic carbocycles. The van der Waals surface area contributed by atoms with Gasteiger partial charge in [-0.25, -0.2) is 0 Å². The second-order valence-electron chi connectivity index (χ2n) is 5.99. The van der Waals surface area contributed by atoms with E-state index in [0.717, 1.165) is 18.5 Å². The molecule has 2 rings (SSSR count). The van der Waals surface area contributed by atoms with Crippen LogP contribution in [0.3, 0.4) is 0 Å². The molecule has 1 saturated heterocycles. The highest BCUT2D eigenvalue weighted by Crippen LogP contribution is 2.24. The first-order chi connectivity index (χ1) is 10.2. The first-order valence-corrected chi connectivity index (χ1v) is 8.35. The molecule has 0 bridgehead atoms. The van der Waals surface area contributed by atoms with E-state index in [1.54, 1.807) is 0 Å². The molecule has 3 nitrogen and oxygen atoms in total. The minimum Gasteiger partial charge on any atom is -0.326 e. The van der Waals surface area contributed by atoms with E-state index in [0.29, 0.717) is 0 Å². The third-order valence-electron chi connectivity index (χ3n) is 4.29. The molecular weight excluding hydrogens is 260 g/mol. The van der Waals surface area contributed by atoms with Gasteiger partial charge >= 0.3 is 0 Å². The predicted molar refractivity (Wildman–Crippen MR) is 86.9 cm³/mol. The number of amides is 1. The second-order valence-corrected chi connectivity index (χ2v) is 5.99. The molecule has 1 aliphatic heterocycles. The molecule has 2 atom stereocenters. The van der Waals surface area contributed by atoms with Gasteiger partial charge in [-0.1, -0.05) is 69.4 Å². The highest BCUT2D eigenvalue weighted by molar-refractivity contribution is 5.85. The fourth-order valence-corrected chi connectivity index (χ4v) is 3.01. The van der Waals surface area contributed by atoms with E-state index in [2.05, 4.69) is 19.2 Å². The standard InChI is InChI=1S/C18H28N2O/c1-3-4-5-6-7-11-14-20-15(2)19-17(18(20)21)16-12-9-8-10-13-16/h8-10,12-13,15,17,19H,3-7,11,14H2,1-2H3. The maximum atomic E-state index is 12.5. The number of hydrogen-bond acceptors (Lipinski definition) is 2. The SMILES string of the molecule is CCCCCCCCN1C(=O)C(c2ccccc2)NC1C. The van der Waals surface area contributed by atoms with Crippen LogP contribution in [0.1, 0.15) is 64.0 Å². The minimum absolute atomic E-state index is 0.137. The summed E-state index contributed by atoms with van der Waals surface area (Å²) in [6, 6.07) is 9.85. The summed E-state index contributed by atoms with van der Waals surface area (Å²) in [7, 11) is 0. The van der Waals surface area contributed by atoms with Crippen LogP contribution in [0, 0.1) is 0 Å². The Morgan fingerprint density at radius 3 is 2.43 bits per heavy atom. The molecule has 2 unspecified atom stereocenters. The number of carbonyl (C=O) groups excluding carboxylic acids is 1. The van der Waals surface area contributed by atoms with Gasteiger partial charge in [0.2, 0.25) is 5.91 Å². The van der Waals surface area contributed by atoms with Crippen LogP contribution in [0.2, 0.25) is 0 Å². The summed E-state index contributed by atoms with van der Waals surface area (Å²) in [5.41, 5.74) is 1.07. The number of unbranched alkanes of at least 4 members (excludes halogenated alkanes) is 5. The predicted octanol–water partition coefficient (Wildman–Crippen LogP) is 3.87. The molecular formula is C18H28N2O. The first kappa shape index (κ1) is 16.0. The summed E-state index contributed by atoms with van der Waals surface area (Å²) in [6.07, 6.45) is 7.71. The average Bonchev–Trinajstić information content (AvgIpc) is 2.79. The number of hydrogen-bond donors (Lipinski definition) is 1. The van der Waals surface area contributed by atoms with Crippen LogP contribution in [0.5, 0.6) is 0 Å². The summed E-state index contributed by atoms with van der Waals surface area (Å²) in [6.45, 7) is 5.19. The van der Waals surface area contributed by atoms with Crippen molar-refractivity contribution in [2.24, 2.45) is 0 Å². The summed E-state index contributed by atoms with van der Waals surface area (Å²) in [4.78, 5) is 14.5. The van der Waals surface area contributed by atoms with Gasteiger partial charge in [-0.05, 0) is 18.9 Å². The molecule has 0 aromatic heterocycles. The molecule has 1 heterocycles. The zero-order chi connectivity index (χ0) is 15.1. The maximum absolute atomic E-state index is 12.5. The first-order valence-electron chi connectivity index (χ1n) is 8.35. The lowest BCUT2D eigenvalue weighted by atomic mass is 10.1. The fraction of sp³-hybridized carbons (Fsp3) is 0.611. The summed E-state index contributed by atoms with van der Waals surface area (Å²) in [5, 5.41) is 3.41. The lowest BCUT2D eigenvalue weighted by Gasteiger charge is -2.20. The number of benzene rings is 1. The van der Waals surface area contributed by atoms with Gasteiger partial charge in [0.15, 0.2) is 0 Å². The van der Waals surface area contributed by atoms with Crippen molar-refractivity contribution in [1.82, 2.24) is 10.2 Å². The van der Waals surface area contributed by atoms with Crippen LogP contribution in [-0.4, -0.2) is 23.5 Å². The summed E-state index contributed by atoms with van der Waals surface area (Å²) >= 11 is 0. The molecule has 0 radical (unpaired) electrons. The number of nitrogens with zero attached hydrogens (tertiary/aromatic N) is 1. The average molecular weight is 288 g/mol. The Labute approximate surface area is 128 Å². The van der Waals surface area contributed by atoms with E-state index in [-0.39, 0.29) is 18.1 Å². The lowest BCUT2D eigenvalue weighted by molar-refractivity contribution is -0.130. The van der Waals surface area contributed by atoms with E-state index in [9.17, 15) is 4.79 Å². The van der Waals surface area contributed by atoms with Gasteiger partial charge in [-0.3, -0.25) is 10.1 Å². The fourth-order valence-electron chi connectivity index (χ4n) is 3.01. The normalized spacial score (nSPS) is 22.0. The van der Waals surface area contributed by atoms with Crippen molar-refractivity contribution in [3.63, 3.8) is 0 Å². The van der Waals surface area contributed by atoms with Gasteiger partial charge in [0.1, 0.15) is 6.04 Å². The van der Waals surface area contributed by atoms with Crippen molar-refractivity contribution in [2.75, 3.05) is 6.54 Å². The smallest absolute Gasteiger partial charge is 0.245 e. The largest absolute Gasteiger partial charge is 0.326 e. The quantitative estimate of drug-likeness (QED) is 0.737. The molecule has 1 fully saturated rings. The van der Waals surface area contributed by atoms with Crippen molar-refractivity contribution in [3.05, 3.63) is 35.9 Å². The Morgan fingerprint density at radius 2 is 1.71 bits per heavy atom. The molecule has 0 spiro atoms. The van der Waals surface area contributed by atoms with E-state index in [4.69, 9.17) is 0 Å². The number of nitrogens with one attached hydrogen (secondary N) is 1. The molecule has 1 N–H and O–H groups in total. The van der Waals surface area contributed by atoms with E-state index >= 15 is 0 Å². The van der Waals surface area contributed by atoms with Gasteiger partial charge in [0.05, 0.1) is 6.17 Å². The molecule has 0 aliphatic carbocycles. The highest BCUT2D eigenvalue weighted by Gasteiger charge is 2.36. The van der Waals surface area contributed by atoms with Crippen LogP contribution in [0.15, 0.2) is 30.3 Å². The van der Waals surface area contributed by atoms with Crippen molar-refractivity contribution >= 4 is 5.91 Å². The molecule has 116 valence electrons. The van der Waals surface area contributed by atoms with Gasteiger partial charge in [-0.15, -0.1) is 0 Å². The highest BCUT2D eigenvalue weighted by atomic mass is 16.2. The van der Waals surface area contributed by atoms with Gasteiger partial charge in [0, 0.05) is 6.54 Å². The van der Waals surface area contributed by atoms with Crippen LogP contribution < -0.4 is 5.32 Å². The van der Waals surface area contributed by atoms with Crippen LogP contribution in [-0.2, 0) is 4.79 Å². The summed E-state index contributed by atoms with van der Waals surface area (Å²) < 4.78 is 0. The Bertz CT molecular complexity index is 432. The topological polar surface area (TPSA) is 32.3 Å². The van der Waals surface area contributed by atoms with Crippen LogP contribution in [0.4, 0.5) is 0 Å². The minimum atomic E-state index is -0.165. The van der Waals surface area contributed by atoms with Crippen LogP contribution in [0.25, 0.3) is 0 Å². The van der Waals surface area contributed by atoms with Crippen molar-refractivity contribution < 1.29 is 4.79 Å². The zero-order valence-electron chi connectivity index (χ0n) is 13.3. The Balaban J connectivity index is 1.80. The Morgan fingerprint density at radius 1 is 1.05 bits per heavy atom. The molecule has 3 heteroatoms. The van der Waals surface area contributed by atoms with Crippen molar-refractivity contribution in [1.29, 1.82) is 0 Å². The maximum Gasteiger partial charge on any atom is 0.245 e. The monoisotopic (exact) mass is 288 g/mol. The Kier molecular flexibility index (Phi) is 6.24. The van der Waals surface area contributed by atoms with Gasteiger partial charge < -0.3 is 4.90 Å².